The minimum Gasteiger partial charge on any atom is -0.280 e. The number of aromatic nitrogens is 5. The van der Waals surface area contributed by atoms with E-state index < -0.39 is 15.8 Å². The van der Waals surface area contributed by atoms with Gasteiger partial charge in [0.15, 0.2) is 11.5 Å². The zero-order chi connectivity index (χ0) is 22.1. The second-order valence-corrected chi connectivity index (χ2v) is 8.58. The molecular formula is C22H15FN6O2S. The van der Waals surface area contributed by atoms with Gasteiger partial charge in [-0.05, 0) is 60.7 Å². The fourth-order valence-corrected chi connectivity index (χ4v) is 4.24. The summed E-state index contributed by atoms with van der Waals surface area (Å²) in [5.74, 6) is 0.0372. The number of halogens is 1. The van der Waals surface area contributed by atoms with Gasteiger partial charge in [-0.3, -0.25) is 9.71 Å². The number of anilines is 1. The standard InChI is InChI=1S/C22H15FN6O2S/c23-17-6-8-19(9-7-17)32(30,31)28-18-5-1-3-15(13-18)20-10-11-21-25-26-22(29(21)27-20)16-4-2-12-24-14-16/h1-14,28H. The van der Waals surface area contributed by atoms with Gasteiger partial charge in [0, 0.05) is 29.2 Å². The van der Waals surface area contributed by atoms with Crippen molar-refractivity contribution in [1.29, 1.82) is 0 Å². The molecule has 0 fully saturated rings. The van der Waals surface area contributed by atoms with Crippen LogP contribution >= 0.6 is 0 Å². The number of sulfonamides is 1. The summed E-state index contributed by atoms with van der Waals surface area (Å²) >= 11 is 0. The largest absolute Gasteiger partial charge is 0.280 e. The Hall–Kier alpha value is -4.18. The van der Waals surface area contributed by atoms with E-state index in [1.807, 2.05) is 12.1 Å². The highest BCUT2D eigenvalue weighted by Gasteiger charge is 2.15. The molecule has 1 N–H and O–H groups in total. The molecule has 5 aromatic rings. The summed E-state index contributed by atoms with van der Waals surface area (Å²) in [6.45, 7) is 0. The molecule has 0 bridgehead atoms. The van der Waals surface area contributed by atoms with Gasteiger partial charge in [-0.2, -0.15) is 9.61 Å². The molecule has 0 aliphatic heterocycles. The number of hydrogen-bond acceptors (Lipinski definition) is 6. The number of hydrogen-bond donors (Lipinski definition) is 1. The summed E-state index contributed by atoms with van der Waals surface area (Å²) in [5, 5.41) is 13.0. The van der Waals surface area contributed by atoms with E-state index in [0.717, 1.165) is 17.7 Å². The second kappa shape index (κ2) is 7.82. The molecular weight excluding hydrogens is 431 g/mol. The maximum absolute atomic E-state index is 13.1. The molecule has 5 rings (SSSR count). The van der Waals surface area contributed by atoms with Crippen LogP contribution in [0.1, 0.15) is 0 Å². The van der Waals surface area contributed by atoms with Crippen LogP contribution in [-0.2, 0) is 10.0 Å². The summed E-state index contributed by atoms with van der Waals surface area (Å²) in [7, 11) is -3.87. The van der Waals surface area contributed by atoms with Gasteiger partial charge in [-0.1, -0.05) is 12.1 Å². The van der Waals surface area contributed by atoms with E-state index in [4.69, 9.17) is 0 Å². The average Bonchev–Trinajstić information content (AvgIpc) is 3.23. The van der Waals surface area contributed by atoms with Crippen LogP contribution in [-0.4, -0.2) is 33.2 Å². The molecule has 8 nitrogen and oxygen atoms in total. The molecule has 0 atom stereocenters. The fraction of sp³-hybridized carbons (Fsp3) is 0. The number of nitrogens with zero attached hydrogens (tertiary/aromatic N) is 5. The maximum Gasteiger partial charge on any atom is 0.261 e. The van der Waals surface area contributed by atoms with Gasteiger partial charge in [-0.15, -0.1) is 10.2 Å². The van der Waals surface area contributed by atoms with Gasteiger partial charge in [0.05, 0.1) is 10.6 Å². The summed E-state index contributed by atoms with van der Waals surface area (Å²) in [6, 6.07) is 18.7. The van der Waals surface area contributed by atoms with E-state index in [0.29, 0.717) is 28.4 Å². The van der Waals surface area contributed by atoms with E-state index in [2.05, 4.69) is 25.0 Å². The molecule has 0 spiro atoms. The van der Waals surface area contributed by atoms with Crippen molar-refractivity contribution >= 4 is 21.4 Å². The lowest BCUT2D eigenvalue weighted by Gasteiger charge is -2.10. The van der Waals surface area contributed by atoms with Crippen LogP contribution in [0.4, 0.5) is 10.1 Å². The van der Waals surface area contributed by atoms with E-state index in [9.17, 15) is 12.8 Å². The lowest BCUT2D eigenvalue weighted by atomic mass is 10.1. The number of rotatable bonds is 5. The van der Waals surface area contributed by atoms with Crippen molar-refractivity contribution < 1.29 is 12.8 Å². The first kappa shape index (κ1) is 19.8. The molecule has 0 aliphatic rings. The Labute approximate surface area is 182 Å². The van der Waals surface area contributed by atoms with Crippen molar-refractivity contribution in [2.45, 2.75) is 4.90 Å². The van der Waals surface area contributed by atoms with Crippen molar-refractivity contribution in [3.05, 3.63) is 91.0 Å². The Morgan fingerprint density at radius 1 is 0.875 bits per heavy atom. The highest BCUT2D eigenvalue weighted by atomic mass is 32.2. The van der Waals surface area contributed by atoms with Gasteiger partial charge in [0.2, 0.25) is 0 Å². The van der Waals surface area contributed by atoms with Crippen LogP contribution in [0.15, 0.2) is 90.1 Å². The number of fused-ring (bicyclic) bond motifs is 1. The lowest BCUT2D eigenvalue weighted by Crippen LogP contribution is -2.13. The van der Waals surface area contributed by atoms with E-state index in [1.54, 1.807) is 53.3 Å². The van der Waals surface area contributed by atoms with Gasteiger partial charge in [-0.25, -0.2) is 12.8 Å². The first-order valence-electron chi connectivity index (χ1n) is 9.51. The zero-order valence-corrected chi connectivity index (χ0v) is 17.2. The molecule has 0 amide bonds. The third-order valence-electron chi connectivity index (χ3n) is 4.72. The summed E-state index contributed by atoms with van der Waals surface area (Å²) in [6.07, 6.45) is 3.35. The van der Waals surface area contributed by atoms with Gasteiger partial charge < -0.3 is 0 Å². The summed E-state index contributed by atoms with van der Waals surface area (Å²) in [4.78, 5) is 4.08. The molecule has 0 saturated carbocycles. The maximum atomic E-state index is 13.1. The highest BCUT2D eigenvalue weighted by molar-refractivity contribution is 7.92. The fourth-order valence-electron chi connectivity index (χ4n) is 3.19. The SMILES string of the molecule is O=S(=O)(Nc1cccc(-c2ccc3nnc(-c4cccnc4)n3n2)c1)c1ccc(F)cc1. The molecule has 3 aromatic heterocycles. The predicted octanol–water partition coefficient (Wildman–Crippen LogP) is 3.79. The molecule has 0 aliphatic carbocycles. The monoisotopic (exact) mass is 446 g/mol. The number of benzene rings is 2. The van der Waals surface area contributed by atoms with Gasteiger partial charge in [0.1, 0.15) is 5.82 Å². The quantitative estimate of drug-likeness (QED) is 0.441. The highest BCUT2D eigenvalue weighted by Crippen LogP contribution is 2.24. The van der Waals surface area contributed by atoms with E-state index in [-0.39, 0.29) is 4.90 Å². The molecule has 158 valence electrons. The normalized spacial score (nSPS) is 11.5. The van der Waals surface area contributed by atoms with Crippen molar-refractivity contribution in [3.63, 3.8) is 0 Å². The van der Waals surface area contributed by atoms with Crippen molar-refractivity contribution in [1.82, 2.24) is 24.8 Å². The van der Waals surface area contributed by atoms with Crippen LogP contribution in [0.25, 0.3) is 28.3 Å². The van der Waals surface area contributed by atoms with Crippen molar-refractivity contribution in [2.24, 2.45) is 0 Å². The first-order chi connectivity index (χ1) is 15.5. The first-order valence-corrected chi connectivity index (χ1v) is 11.0. The molecule has 0 saturated heterocycles. The Morgan fingerprint density at radius 3 is 2.47 bits per heavy atom. The third kappa shape index (κ3) is 3.79. The lowest BCUT2D eigenvalue weighted by molar-refractivity contribution is 0.599. The summed E-state index contributed by atoms with van der Waals surface area (Å²) in [5.41, 5.74) is 2.98. The van der Waals surface area contributed by atoms with Crippen LogP contribution in [0, 0.1) is 5.82 Å². The van der Waals surface area contributed by atoms with E-state index in [1.165, 1.54) is 12.1 Å². The van der Waals surface area contributed by atoms with E-state index >= 15 is 0 Å². The zero-order valence-electron chi connectivity index (χ0n) is 16.4. The molecule has 32 heavy (non-hydrogen) atoms. The Kier molecular flexibility index (Phi) is 4.83. The van der Waals surface area contributed by atoms with Gasteiger partial charge >= 0.3 is 0 Å². The van der Waals surface area contributed by atoms with Crippen LogP contribution in [0.5, 0.6) is 0 Å². The second-order valence-electron chi connectivity index (χ2n) is 6.89. The minimum absolute atomic E-state index is 0.0329. The van der Waals surface area contributed by atoms with Gasteiger partial charge in [0.25, 0.3) is 10.0 Å². The van der Waals surface area contributed by atoms with Crippen molar-refractivity contribution in [2.75, 3.05) is 4.72 Å². The van der Waals surface area contributed by atoms with Crippen LogP contribution in [0.3, 0.4) is 0 Å². The Balaban J connectivity index is 1.50. The van der Waals surface area contributed by atoms with Crippen LogP contribution in [0.2, 0.25) is 0 Å². The molecule has 2 aromatic carbocycles. The molecule has 0 unspecified atom stereocenters. The molecule has 0 radical (unpaired) electrons. The molecule has 3 heterocycles. The Bertz CT molecular complexity index is 1520. The topological polar surface area (TPSA) is 102 Å². The predicted molar refractivity (Wildman–Crippen MR) is 117 cm³/mol. The molecule has 10 heteroatoms. The smallest absolute Gasteiger partial charge is 0.261 e. The Morgan fingerprint density at radius 2 is 1.69 bits per heavy atom. The summed E-state index contributed by atoms with van der Waals surface area (Å²) < 4.78 is 42.5. The third-order valence-corrected chi connectivity index (χ3v) is 6.11. The minimum atomic E-state index is -3.87. The number of pyridine rings is 1. The van der Waals surface area contributed by atoms with Crippen LogP contribution < -0.4 is 4.72 Å². The van der Waals surface area contributed by atoms with Crippen molar-refractivity contribution in [3.8, 4) is 22.6 Å². The number of nitrogens with one attached hydrogen (secondary N) is 1. The average molecular weight is 446 g/mol.